The summed E-state index contributed by atoms with van der Waals surface area (Å²) < 4.78 is 32.4. The van der Waals surface area contributed by atoms with Gasteiger partial charge in [-0.15, -0.1) is 0 Å². The molecule has 0 amide bonds. The molecule has 0 N–H and O–H groups in total. The van der Waals surface area contributed by atoms with Gasteiger partial charge in [0.1, 0.15) is 11.3 Å². The van der Waals surface area contributed by atoms with Crippen molar-refractivity contribution in [1.82, 2.24) is 4.31 Å². The topological polar surface area (TPSA) is 50.5 Å². The Morgan fingerprint density at radius 2 is 1.70 bits per heavy atom. The van der Waals surface area contributed by atoms with Gasteiger partial charge in [0, 0.05) is 12.4 Å². The maximum atomic E-state index is 12.6. The Kier molecular flexibility index (Phi) is 4.24. The van der Waals surface area contributed by atoms with Crippen molar-refractivity contribution < 1.29 is 12.8 Å². The molecule has 0 saturated carbocycles. The van der Waals surface area contributed by atoms with Crippen molar-refractivity contribution in [2.24, 2.45) is 0 Å². The number of furan rings is 1. The van der Waals surface area contributed by atoms with Gasteiger partial charge in [-0.25, -0.2) is 8.42 Å². The number of para-hydroxylation sites is 1. The number of hydrogen-bond donors (Lipinski definition) is 0. The molecule has 5 heteroatoms. The fourth-order valence-electron chi connectivity index (χ4n) is 2.52. The number of nitrogens with zero attached hydrogens (tertiary/aromatic N) is 1. The molecule has 1 atom stereocenters. The number of hydrogen-bond acceptors (Lipinski definition) is 3. The van der Waals surface area contributed by atoms with Gasteiger partial charge < -0.3 is 4.42 Å². The highest BCUT2D eigenvalue weighted by molar-refractivity contribution is 7.88. The van der Waals surface area contributed by atoms with Crippen LogP contribution in [0, 0.1) is 0 Å². The van der Waals surface area contributed by atoms with Gasteiger partial charge in [-0.1, -0.05) is 48.5 Å². The normalized spacial score (nSPS) is 13.5. The molecule has 0 saturated heterocycles. The van der Waals surface area contributed by atoms with E-state index in [9.17, 15) is 8.42 Å². The van der Waals surface area contributed by atoms with E-state index in [0.717, 1.165) is 16.5 Å². The molecular formula is C18H19NO3S. The first-order valence-electron chi connectivity index (χ1n) is 7.45. The van der Waals surface area contributed by atoms with Gasteiger partial charge in [-0.05, 0) is 24.6 Å². The molecular weight excluding hydrogens is 310 g/mol. The lowest BCUT2D eigenvalue weighted by Gasteiger charge is -2.22. The van der Waals surface area contributed by atoms with Crippen molar-refractivity contribution in [1.29, 1.82) is 0 Å². The highest BCUT2D eigenvalue weighted by Gasteiger charge is 2.26. The maximum Gasteiger partial charge on any atom is 0.218 e. The summed E-state index contributed by atoms with van der Waals surface area (Å²) in [6.07, 6.45) is 0. The lowest BCUT2D eigenvalue weighted by molar-refractivity contribution is 0.347. The molecule has 120 valence electrons. The predicted octanol–water partition coefficient (Wildman–Crippen LogP) is 3.96. The SMILES string of the molecule is CC(c1cc2ccccc2o1)N(C)S(=O)(=O)Cc1ccccc1. The molecule has 0 bridgehead atoms. The molecule has 0 aliphatic rings. The van der Waals surface area contributed by atoms with Gasteiger partial charge in [-0.3, -0.25) is 0 Å². The Bertz CT molecular complexity index is 867. The molecule has 1 unspecified atom stereocenters. The van der Waals surface area contributed by atoms with E-state index in [1.165, 1.54) is 4.31 Å². The van der Waals surface area contributed by atoms with Crippen LogP contribution in [0.2, 0.25) is 0 Å². The van der Waals surface area contributed by atoms with Crippen LogP contribution >= 0.6 is 0 Å². The molecule has 2 aromatic carbocycles. The first-order chi connectivity index (χ1) is 11.0. The second kappa shape index (κ2) is 6.18. The molecule has 23 heavy (non-hydrogen) atoms. The van der Waals surface area contributed by atoms with Gasteiger partial charge in [0.05, 0.1) is 11.8 Å². The fourth-order valence-corrected chi connectivity index (χ4v) is 3.92. The molecule has 3 rings (SSSR count). The molecule has 1 aromatic heterocycles. The van der Waals surface area contributed by atoms with Crippen molar-refractivity contribution in [2.45, 2.75) is 18.7 Å². The number of benzene rings is 2. The summed E-state index contributed by atoms with van der Waals surface area (Å²) in [5, 5.41) is 0.975. The summed E-state index contributed by atoms with van der Waals surface area (Å²) in [4.78, 5) is 0. The average Bonchev–Trinajstić information content (AvgIpc) is 2.98. The van der Waals surface area contributed by atoms with Crippen LogP contribution in [0.4, 0.5) is 0 Å². The first-order valence-corrected chi connectivity index (χ1v) is 9.06. The Morgan fingerprint density at radius 1 is 1.04 bits per heavy atom. The quantitative estimate of drug-likeness (QED) is 0.712. The fraction of sp³-hybridized carbons (Fsp3) is 0.222. The second-order valence-electron chi connectivity index (χ2n) is 5.62. The molecule has 1 heterocycles. The van der Waals surface area contributed by atoms with Crippen LogP contribution in [0.1, 0.15) is 24.3 Å². The van der Waals surface area contributed by atoms with Crippen LogP contribution in [-0.2, 0) is 15.8 Å². The third kappa shape index (κ3) is 3.30. The minimum atomic E-state index is -3.42. The second-order valence-corrected chi connectivity index (χ2v) is 7.65. The third-order valence-corrected chi connectivity index (χ3v) is 5.92. The van der Waals surface area contributed by atoms with E-state index in [0.29, 0.717) is 5.76 Å². The van der Waals surface area contributed by atoms with E-state index in [2.05, 4.69) is 0 Å². The van der Waals surface area contributed by atoms with Crippen molar-refractivity contribution in [2.75, 3.05) is 7.05 Å². The van der Waals surface area contributed by atoms with Gasteiger partial charge in [-0.2, -0.15) is 4.31 Å². The zero-order chi connectivity index (χ0) is 16.4. The standard InChI is InChI=1S/C18H19NO3S/c1-14(18-12-16-10-6-7-11-17(16)22-18)19(2)23(20,21)13-15-8-4-3-5-9-15/h3-12,14H,13H2,1-2H3. The zero-order valence-electron chi connectivity index (χ0n) is 13.1. The lowest BCUT2D eigenvalue weighted by Crippen LogP contribution is -2.30. The van der Waals surface area contributed by atoms with Crippen LogP contribution in [0.15, 0.2) is 65.1 Å². The Morgan fingerprint density at radius 3 is 2.39 bits per heavy atom. The molecule has 3 aromatic rings. The van der Waals surface area contributed by atoms with E-state index in [1.54, 1.807) is 7.05 Å². The summed E-state index contributed by atoms with van der Waals surface area (Å²) in [6, 6.07) is 18.4. The molecule has 4 nitrogen and oxygen atoms in total. The highest BCUT2D eigenvalue weighted by atomic mass is 32.2. The van der Waals surface area contributed by atoms with Gasteiger partial charge in [0.15, 0.2) is 0 Å². The maximum absolute atomic E-state index is 12.6. The van der Waals surface area contributed by atoms with Gasteiger partial charge in [0.2, 0.25) is 10.0 Å². The zero-order valence-corrected chi connectivity index (χ0v) is 14.0. The van der Waals surface area contributed by atoms with Gasteiger partial charge >= 0.3 is 0 Å². The molecule has 0 radical (unpaired) electrons. The summed E-state index contributed by atoms with van der Waals surface area (Å²) in [7, 11) is -1.83. The van der Waals surface area contributed by atoms with Crippen LogP contribution in [0.5, 0.6) is 0 Å². The number of sulfonamides is 1. The summed E-state index contributed by atoms with van der Waals surface area (Å²) >= 11 is 0. The van der Waals surface area contributed by atoms with E-state index in [4.69, 9.17) is 4.42 Å². The van der Waals surface area contributed by atoms with E-state index in [1.807, 2.05) is 67.6 Å². The van der Waals surface area contributed by atoms with Crippen LogP contribution < -0.4 is 0 Å². The smallest absolute Gasteiger partial charge is 0.218 e. The van der Waals surface area contributed by atoms with Gasteiger partial charge in [0.25, 0.3) is 0 Å². The Hall–Kier alpha value is -2.11. The summed E-state index contributed by atoms with van der Waals surface area (Å²) in [6.45, 7) is 1.83. The van der Waals surface area contributed by atoms with E-state index in [-0.39, 0.29) is 11.8 Å². The van der Waals surface area contributed by atoms with E-state index < -0.39 is 10.0 Å². The highest BCUT2D eigenvalue weighted by Crippen LogP contribution is 2.28. The Balaban J connectivity index is 1.84. The van der Waals surface area contributed by atoms with Crippen LogP contribution in [0.3, 0.4) is 0 Å². The largest absolute Gasteiger partial charge is 0.459 e. The van der Waals surface area contributed by atoms with Crippen LogP contribution in [0.25, 0.3) is 11.0 Å². The average molecular weight is 329 g/mol. The van der Waals surface area contributed by atoms with Crippen molar-refractivity contribution >= 4 is 21.0 Å². The first kappa shape index (κ1) is 15.8. The van der Waals surface area contributed by atoms with E-state index >= 15 is 0 Å². The minimum absolute atomic E-state index is 0.0189. The number of fused-ring (bicyclic) bond motifs is 1. The molecule has 0 aliphatic carbocycles. The van der Waals surface area contributed by atoms with Crippen molar-refractivity contribution in [3.05, 3.63) is 72.0 Å². The van der Waals surface area contributed by atoms with Crippen molar-refractivity contribution in [3.8, 4) is 0 Å². The molecule has 0 fully saturated rings. The lowest BCUT2D eigenvalue weighted by atomic mass is 10.2. The predicted molar refractivity (Wildman–Crippen MR) is 91.5 cm³/mol. The Labute approximate surface area is 136 Å². The van der Waals surface area contributed by atoms with Crippen molar-refractivity contribution in [3.63, 3.8) is 0 Å². The minimum Gasteiger partial charge on any atom is -0.459 e. The molecule has 0 aliphatic heterocycles. The molecule has 0 spiro atoms. The summed E-state index contributed by atoms with van der Waals surface area (Å²) in [5.74, 6) is 0.625. The summed E-state index contributed by atoms with van der Waals surface area (Å²) in [5.41, 5.74) is 1.54. The van der Waals surface area contributed by atoms with Crippen LogP contribution in [-0.4, -0.2) is 19.8 Å². The number of rotatable bonds is 5. The monoisotopic (exact) mass is 329 g/mol. The third-order valence-electron chi connectivity index (χ3n) is 4.03.